The molecule has 46 valence electrons. The van der Waals surface area contributed by atoms with E-state index in [4.69, 9.17) is 5.02 Å². The fourth-order valence-electron chi connectivity index (χ4n) is 0.176. The summed E-state index contributed by atoms with van der Waals surface area (Å²) in [6, 6.07) is 0. The molecule has 0 saturated carbocycles. The van der Waals surface area contributed by atoms with Gasteiger partial charge >= 0.3 is 7.32 Å². The molecule has 1 N–H and O–H groups in total. The van der Waals surface area contributed by atoms with Gasteiger partial charge in [-0.05, 0) is 0 Å². The topological polar surface area (TPSA) is 38.7 Å². The summed E-state index contributed by atoms with van der Waals surface area (Å²) in [5, 5.41) is 8.12. The standard InChI is InChI=1S/C3H6BFO3/c1-2-3-7-4(6)8-5/h2,6H,1,3H2. The van der Waals surface area contributed by atoms with E-state index in [0.717, 1.165) is 0 Å². The van der Waals surface area contributed by atoms with E-state index in [9.17, 15) is 4.53 Å². The number of hydrogen-bond donors (Lipinski definition) is 1. The van der Waals surface area contributed by atoms with Gasteiger partial charge < -0.3 is 9.68 Å². The Morgan fingerprint density at radius 2 is 2.50 bits per heavy atom. The summed E-state index contributed by atoms with van der Waals surface area (Å²) >= 11 is 0. The van der Waals surface area contributed by atoms with Gasteiger partial charge in [-0.1, -0.05) is 10.6 Å². The molecular weight excluding hydrogens is 114 g/mol. The van der Waals surface area contributed by atoms with Crippen LogP contribution in [-0.2, 0) is 9.51 Å². The van der Waals surface area contributed by atoms with Crippen LogP contribution in [0.15, 0.2) is 12.7 Å². The second-order valence-corrected chi connectivity index (χ2v) is 1.02. The van der Waals surface area contributed by atoms with E-state index >= 15 is 0 Å². The first kappa shape index (κ1) is 7.61. The van der Waals surface area contributed by atoms with Crippen LogP contribution in [0.5, 0.6) is 0 Å². The minimum absolute atomic E-state index is 0.0606. The molecule has 0 atom stereocenters. The summed E-state index contributed by atoms with van der Waals surface area (Å²) in [7, 11) is -1.78. The zero-order valence-corrected chi connectivity index (χ0v) is 4.21. The van der Waals surface area contributed by atoms with Crippen LogP contribution in [0.25, 0.3) is 0 Å². The van der Waals surface area contributed by atoms with Gasteiger partial charge in [0.25, 0.3) is 0 Å². The average Bonchev–Trinajstić information content (AvgIpc) is 1.83. The Balaban J connectivity index is 2.97. The molecule has 0 heterocycles. The van der Waals surface area contributed by atoms with Gasteiger partial charge in [0.05, 0.1) is 6.61 Å². The summed E-state index contributed by atoms with van der Waals surface area (Å²) in [5.41, 5.74) is 0. The van der Waals surface area contributed by atoms with E-state index in [1.54, 1.807) is 0 Å². The second kappa shape index (κ2) is 4.77. The maximum absolute atomic E-state index is 10.8. The normalized spacial score (nSPS) is 8.75. The highest BCUT2D eigenvalue weighted by molar-refractivity contribution is 6.34. The van der Waals surface area contributed by atoms with Gasteiger partial charge in [0.2, 0.25) is 0 Å². The van der Waals surface area contributed by atoms with Crippen molar-refractivity contribution in [3.63, 3.8) is 0 Å². The lowest BCUT2D eigenvalue weighted by molar-refractivity contribution is -0.0643. The molecule has 0 fully saturated rings. The molecule has 0 aromatic rings. The van der Waals surface area contributed by atoms with Gasteiger partial charge in [-0.15, -0.1) is 6.58 Å². The fraction of sp³-hybridized carbons (Fsp3) is 0.333. The molecule has 0 bridgehead atoms. The van der Waals surface area contributed by atoms with E-state index in [-0.39, 0.29) is 6.61 Å². The molecule has 0 radical (unpaired) electrons. The van der Waals surface area contributed by atoms with E-state index in [1.807, 2.05) is 0 Å². The molecule has 0 aliphatic rings. The monoisotopic (exact) mass is 120 g/mol. The van der Waals surface area contributed by atoms with Crippen LogP contribution in [0.2, 0.25) is 0 Å². The van der Waals surface area contributed by atoms with Crippen LogP contribution in [-0.4, -0.2) is 19.0 Å². The summed E-state index contributed by atoms with van der Waals surface area (Å²) < 4.78 is 15.0. The maximum atomic E-state index is 10.8. The van der Waals surface area contributed by atoms with Crippen LogP contribution in [0.1, 0.15) is 0 Å². The first-order valence-electron chi connectivity index (χ1n) is 1.99. The van der Waals surface area contributed by atoms with Crippen molar-refractivity contribution in [2.75, 3.05) is 6.61 Å². The Labute approximate surface area is 46.8 Å². The largest absolute Gasteiger partial charge is 0.669 e. The molecule has 0 unspecified atom stereocenters. The van der Waals surface area contributed by atoms with E-state index in [0.29, 0.717) is 0 Å². The third kappa shape index (κ3) is 3.79. The van der Waals surface area contributed by atoms with Crippen LogP contribution < -0.4 is 0 Å². The maximum Gasteiger partial charge on any atom is 0.669 e. The van der Waals surface area contributed by atoms with Crippen LogP contribution in [0, 0.1) is 0 Å². The molecule has 0 amide bonds. The van der Waals surface area contributed by atoms with Gasteiger partial charge in [-0.25, -0.2) is 0 Å². The predicted octanol–water partition coefficient (Wildman–Crippen LogP) is 0.0673. The third-order valence-corrected chi connectivity index (χ3v) is 0.433. The predicted molar refractivity (Wildman–Crippen MR) is 26.3 cm³/mol. The lowest BCUT2D eigenvalue weighted by atomic mass is 10.3. The first-order valence-corrected chi connectivity index (χ1v) is 1.99. The fourth-order valence-corrected chi connectivity index (χ4v) is 0.176. The van der Waals surface area contributed by atoms with Crippen LogP contribution in [0.3, 0.4) is 0 Å². The van der Waals surface area contributed by atoms with Gasteiger partial charge in [0.1, 0.15) is 0 Å². The molecule has 8 heavy (non-hydrogen) atoms. The van der Waals surface area contributed by atoms with Gasteiger partial charge in [0.15, 0.2) is 0 Å². The number of halogens is 1. The van der Waals surface area contributed by atoms with Crippen molar-refractivity contribution in [3.05, 3.63) is 12.7 Å². The molecule has 0 aromatic heterocycles. The highest BCUT2D eigenvalue weighted by Crippen LogP contribution is 1.83. The van der Waals surface area contributed by atoms with Crippen molar-refractivity contribution < 1.29 is 19.1 Å². The number of rotatable bonds is 4. The highest BCUT2D eigenvalue weighted by atomic mass is 19.3. The molecule has 0 aliphatic heterocycles. The van der Waals surface area contributed by atoms with Crippen molar-refractivity contribution in [1.29, 1.82) is 0 Å². The summed E-state index contributed by atoms with van der Waals surface area (Å²) in [4.78, 5) is 2.84. The molecule has 0 aliphatic carbocycles. The molecule has 0 spiro atoms. The lowest BCUT2D eigenvalue weighted by Crippen LogP contribution is -2.18. The Morgan fingerprint density at radius 3 is 2.88 bits per heavy atom. The van der Waals surface area contributed by atoms with E-state index < -0.39 is 7.32 Å². The average molecular weight is 120 g/mol. The zero-order valence-electron chi connectivity index (χ0n) is 4.21. The first-order chi connectivity index (χ1) is 3.81. The van der Waals surface area contributed by atoms with Gasteiger partial charge in [-0.3, -0.25) is 0 Å². The van der Waals surface area contributed by atoms with Gasteiger partial charge in [0, 0.05) is 0 Å². The molecule has 5 heteroatoms. The Kier molecular flexibility index (Phi) is 4.54. The molecular formula is C3H6BFO3. The smallest absolute Gasteiger partial charge is 0.400 e. The SMILES string of the molecule is C=CCOB(O)OF. The van der Waals surface area contributed by atoms with Crippen molar-refractivity contribution in [1.82, 2.24) is 0 Å². The minimum Gasteiger partial charge on any atom is -0.400 e. The van der Waals surface area contributed by atoms with Gasteiger partial charge in [-0.2, -0.15) is 4.86 Å². The highest BCUT2D eigenvalue weighted by Gasteiger charge is 2.14. The van der Waals surface area contributed by atoms with E-state index in [1.165, 1.54) is 6.08 Å². The quantitative estimate of drug-likeness (QED) is 0.421. The Morgan fingerprint density at radius 1 is 1.88 bits per heavy atom. The zero-order chi connectivity index (χ0) is 6.41. The Hall–Kier alpha value is -0.385. The minimum atomic E-state index is -1.78. The molecule has 0 rings (SSSR count). The molecule has 0 aromatic carbocycles. The molecule has 3 nitrogen and oxygen atoms in total. The Bertz CT molecular complexity index is 69.5. The number of hydrogen-bond acceptors (Lipinski definition) is 3. The van der Waals surface area contributed by atoms with Crippen molar-refractivity contribution >= 4 is 7.32 Å². The summed E-state index contributed by atoms with van der Waals surface area (Å²) in [5.74, 6) is 0. The third-order valence-electron chi connectivity index (χ3n) is 0.433. The van der Waals surface area contributed by atoms with Crippen molar-refractivity contribution in [2.24, 2.45) is 0 Å². The van der Waals surface area contributed by atoms with Crippen molar-refractivity contribution in [3.8, 4) is 0 Å². The van der Waals surface area contributed by atoms with E-state index in [2.05, 4.69) is 16.1 Å². The second-order valence-electron chi connectivity index (χ2n) is 1.02. The summed E-state index contributed by atoms with van der Waals surface area (Å²) in [6.07, 6.45) is 1.36. The van der Waals surface area contributed by atoms with Crippen LogP contribution >= 0.6 is 0 Å². The summed E-state index contributed by atoms with van der Waals surface area (Å²) in [6.45, 7) is 3.31. The lowest BCUT2D eigenvalue weighted by Gasteiger charge is -1.95. The molecule has 0 saturated heterocycles. The van der Waals surface area contributed by atoms with Crippen molar-refractivity contribution in [2.45, 2.75) is 0 Å². The van der Waals surface area contributed by atoms with Crippen LogP contribution in [0.4, 0.5) is 4.53 Å².